The summed E-state index contributed by atoms with van der Waals surface area (Å²) >= 11 is 0. The largest absolute Gasteiger partial charge is 0.390 e. The Labute approximate surface area is 179 Å². The molecule has 0 saturated heterocycles. The third kappa shape index (κ3) is 3.35. The number of hydrogen-bond acceptors (Lipinski definition) is 6. The van der Waals surface area contributed by atoms with Crippen LogP contribution < -0.4 is 10.6 Å². The van der Waals surface area contributed by atoms with Crippen LogP contribution in [0.3, 0.4) is 0 Å². The van der Waals surface area contributed by atoms with Crippen LogP contribution in [0.2, 0.25) is 0 Å². The Morgan fingerprint density at radius 1 is 1.34 bits per heavy atom. The van der Waals surface area contributed by atoms with Crippen LogP contribution in [0.5, 0.6) is 0 Å². The molecular formula is C20H18F3N7O2. The van der Waals surface area contributed by atoms with Crippen molar-refractivity contribution < 1.29 is 22.8 Å². The third-order valence-corrected chi connectivity index (χ3v) is 5.71. The highest BCUT2D eigenvalue weighted by Crippen LogP contribution is 2.38. The summed E-state index contributed by atoms with van der Waals surface area (Å²) < 4.78 is 39.3. The highest BCUT2D eigenvalue weighted by atomic mass is 19.4. The Kier molecular flexibility index (Phi) is 4.43. The maximum atomic E-state index is 12.7. The van der Waals surface area contributed by atoms with Gasteiger partial charge in [0.2, 0.25) is 11.8 Å². The molecule has 12 heteroatoms. The van der Waals surface area contributed by atoms with Crippen molar-refractivity contribution in [1.29, 1.82) is 0 Å². The van der Waals surface area contributed by atoms with Gasteiger partial charge in [0, 0.05) is 24.0 Å². The highest BCUT2D eigenvalue weighted by Gasteiger charge is 2.51. The van der Waals surface area contributed by atoms with Gasteiger partial charge in [-0.25, -0.2) is 19.6 Å². The number of fused-ring (bicyclic) bond motifs is 2. The molecule has 0 radical (unpaired) electrons. The minimum Gasteiger partial charge on any atom is -0.352 e. The average molecular weight is 445 g/mol. The Hall–Kier alpha value is -3.57. The first kappa shape index (κ1) is 20.3. The van der Waals surface area contributed by atoms with Crippen molar-refractivity contribution in [2.75, 3.05) is 5.32 Å². The minimum atomic E-state index is -4.34. The van der Waals surface area contributed by atoms with Gasteiger partial charge >= 0.3 is 6.18 Å². The first-order valence-electron chi connectivity index (χ1n) is 10.1. The van der Waals surface area contributed by atoms with Gasteiger partial charge in [-0.1, -0.05) is 0 Å². The standard InChI is InChI=1S/C20H18F3N7O2/c1-19(17(31)26-10-4-5-10)12-9-25-15(27-14(12)28-18(19)32)13-11-3-2-7-24-16(11)30(29-13)8-6-20(21,22)23/h2-3,7,9-10H,4-6,8H2,1H3,(H,26,31)(H,25,27,28,32). The summed E-state index contributed by atoms with van der Waals surface area (Å²) in [6, 6.07) is 3.38. The maximum absolute atomic E-state index is 12.7. The van der Waals surface area contributed by atoms with Gasteiger partial charge in [0.25, 0.3) is 0 Å². The van der Waals surface area contributed by atoms with Gasteiger partial charge in [0.05, 0.1) is 18.4 Å². The van der Waals surface area contributed by atoms with E-state index in [1.54, 1.807) is 12.1 Å². The van der Waals surface area contributed by atoms with Gasteiger partial charge in [-0.05, 0) is 31.9 Å². The zero-order valence-corrected chi connectivity index (χ0v) is 16.9. The Morgan fingerprint density at radius 2 is 2.12 bits per heavy atom. The lowest BCUT2D eigenvalue weighted by molar-refractivity contribution is -0.137. The van der Waals surface area contributed by atoms with Crippen LogP contribution in [0, 0.1) is 0 Å². The van der Waals surface area contributed by atoms with E-state index in [2.05, 4.69) is 30.7 Å². The molecule has 1 aliphatic heterocycles. The van der Waals surface area contributed by atoms with Crippen molar-refractivity contribution in [3.05, 3.63) is 30.1 Å². The second kappa shape index (κ2) is 6.97. The lowest BCUT2D eigenvalue weighted by atomic mass is 9.84. The van der Waals surface area contributed by atoms with E-state index in [0.717, 1.165) is 12.8 Å². The summed E-state index contributed by atoms with van der Waals surface area (Å²) in [5, 5.41) is 10.2. The van der Waals surface area contributed by atoms with E-state index in [9.17, 15) is 22.8 Å². The second-order valence-electron chi connectivity index (χ2n) is 8.09. The number of hydrogen-bond donors (Lipinski definition) is 2. The second-order valence-corrected chi connectivity index (χ2v) is 8.09. The number of aromatic nitrogens is 5. The van der Waals surface area contributed by atoms with Crippen molar-refractivity contribution in [1.82, 2.24) is 30.0 Å². The number of rotatable bonds is 5. The molecule has 9 nitrogen and oxygen atoms in total. The summed E-state index contributed by atoms with van der Waals surface area (Å²) in [7, 11) is 0. The van der Waals surface area contributed by atoms with E-state index < -0.39 is 36.4 Å². The van der Waals surface area contributed by atoms with E-state index in [4.69, 9.17) is 0 Å². The topological polar surface area (TPSA) is 115 Å². The molecule has 5 rings (SSSR count). The summed E-state index contributed by atoms with van der Waals surface area (Å²) in [6.07, 6.45) is -0.791. The molecule has 2 aliphatic rings. The number of nitrogens with zero attached hydrogens (tertiary/aromatic N) is 5. The first-order valence-corrected chi connectivity index (χ1v) is 10.1. The van der Waals surface area contributed by atoms with Crippen molar-refractivity contribution >= 4 is 28.7 Å². The van der Waals surface area contributed by atoms with Gasteiger partial charge in [-0.3, -0.25) is 9.59 Å². The van der Waals surface area contributed by atoms with Gasteiger partial charge in [0.15, 0.2) is 16.9 Å². The van der Waals surface area contributed by atoms with E-state index in [-0.39, 0.29) is 29.0 Å². The highest BCUT2D eigenvalue weighted by molar-refractivity contribution is 6.19. The van der Waals surface area contributed by atoms with Crippen LogP contribution in [0.1, 0.15) is 31.7 Å². The predicted molar refractivity (Wildman–Crippen MR) is 106 cm³/mol. The van der Waals surface area contributed by atoms with E-state index in [1.165, 1.54) is 24.0 Å². The molecule has 166 valence electrons. The Bertz CT molecular complexity index is 1250. The molecule has 2 amide bonds. The van der Waals surface area contributed by atoms with Gasteiger partial charge in [-0.15, -0.1) is 0 Å². The molecule has 1 atom stereocenters. The molecule has 0 aromatic carbocycles. The van der Waals surface area contributed by atoms with Gasteiger partial charge < -0.3 is 10.6 Å². The summed E-state index contributed by atoms with van der Waals surface area (Å²) in [6.45, 7) is 1.11. The molecule has 0 bridgehead atoms. The van der Waals surface area contributed by atoms with Gasteiger partial charge in [-0.2, -0.15) is 18.3 Å². The number of pyridine rings is 1. The van der Waals surface area contributed by atoms with Crippen LogP contribution in [0.15, 0.2) is 24.5 Å². The fourth-order valence-electron chi connectivity index (χ4n) is 3.66. The number of alkyl halides is 3. The molecule has 3 aromatic heterocycles. The summed E-state index contributed by atoms with van der Waals surface area (Å²) in [5.74, 6) is -0.645. The predicted octanol–water partition coefficient (Wildman–Crippen LogP) is 2.33. The van der Waals surface area contributed by atoms with Crippen LogP contribution >= 0.6 is 0 Å². The fraction of sp³-hybridized carbons (Fsp3) is 0.400. The lowest BCUT2D eigenvalue weighted by Gasteiger charge is -2.20. The smallest absolute Gasteiger partial charge is 0.352 e. The number of aryl methyl sites for hydroxylation is 1. The van der Waals surface area contributed by atoms with Crippen LogP contribution in [-0.4, -0.2) is 48.8 Å². The zero-order valence-electron chi connectivity index (χ0n) is 16.9. The molecule has 1 fully saturated rings. The Balaban J connectivity index is 1.53. The van der Waals surface area contributed by atoms with E-state index >= 15 is 0 Å². The van der Waals surface area contributed by atoms with E-state index in [1.807, 2.05) is 0 Å². The van der Waals surface area contributed by atoms with Crippen molar-refractivity contribution in [2.24, 2.45) is 0 Å². The number of halogens is 3. The fourth-order valence-corrected chi connectivity index (χ4v) is 3.66. The van der Waals surface area contributed by atoms with Crippen LogP contribution in [-0.2, 0) is 21.5 Å². The van der Waals surface area contributed by atoms with Crippen LogP contribution in [0.25, 0.3) is 22.6 Å². The molecule has 1 saturated carbocycles. The molecule has 0 spiro atoms. The van der Waals surface area contributed by atoms with Crippen molar-refractivity contribution in [2.45, 2.75) is 50.4 Å². The maximum Gasteiger partial charge on any atom is 0.390 e. The Morgan fingerprint density at radius 3 is 2.84 bits per heavy atom. The number of amides is 2. The molecule has 1 unspecified atom stereocenters. The normalized spacial score (nSPS) is 20.3. The number of carbonyl (C=O) groups excluding carboxylic acids is 2. The lowest BCUT2D eigenvalue weighted by Crippen LogP contribution is -2.47. The number of anilines is 1. The summed E-state index contributed by atoms with van der Waals surface area (Å²) in [4.78, 5) is 38.2. The van der Waals surface area contributed by atoms with Crippen molar-refractivity contribution in [3.63, 3.8) is 0 Å². The first-order chi connectivity index (χ1) is 15.2. The summed E-state index contributed by atoms with van der Waals surface area (Å²) in [5.41, 5.74) is -0.619. The molecule has 1 aliphatic carbocycles. The van der Waals surface area contributed by atoms with E-state index in [0.29, 0.717) is 10.9 Å². The average Bonchev–Trinajstić information content (AvgIpc) is 3.42. The number of carbonyl (C=O) groups is 2. The molecule has 32 heavy (non-hydrogen) atoms. The van der Waals surface area contributed by atoms with Crippen molar-refractivity contribution in [3.8, 4) is 11.5 Å². The zero-order chi connectivity index (χ0) is 22.7. The third-order valence-electron chi connectivity index (χ3n) is 5.71. The van der Waals surface area contributed by atoms with Gasteiger partial charge in [0.1, 0.15) is 11.5 Å². The SMILES string of the molecule is CC1(C(=O)NC2CC2)C(=O)Nc2nc(-c3nn(CCC(F)(F)F)c4ncccc34)ncc21. The molecule has 2 N–H and O–H groups in total. The minimum absolute atomic E-state index is 0.0795. The molecular weight excluding hydrogens is 427 g/mol. The molecule has 3 aromatic rings. The molecule has 4 heterocycles. The monoisotopic (exact) mass is 445 g/mol. The quantitative estimate of drug-likeness (QED) is 0.583. The van der Waals surface area contributed by atoms with Crippen LogP contribution in [0.4, 0.5) is 19.0 Å². The number of nitrogens with one attached hydrogen (secondary N) is 2.